The second-order valence-electron chi connectivity index (χ2n) is 4.76. The van der Waals surface area contributed by atoms with Crippen molar-refractivity contribution >= 4 is 15.6 Å². The van der Waals surface area contributed by atoms with Crippen LogP contribution in [0.4, 0.5) is 0 Å². The van der Waals surface area contributed by atoms with Crippen LogP contribution in [0.3, 0.4) is 0 Å². The van der Waals surface area contributed by atoms with Gasteiger partial charge in [0, 0.05) is 0 Å². The van der Waals surface area contributed by atoms with Gasteiger partial charge in [0.15, 0.2) is 8.32 Å². The summed E-state index contributed by atoms with van der Waals surface area (Å²) < 4.78 is 5.47. The van der Waals surface area contributed by atoms with Gasteiger partial charge in [-0.2, -0.15) is 0 Å². The van der Waals surface area contributed by atoms with Crippen LogP contribution in [-0.4, -0.2) is 25.7 Å². The van der Waals surface area contributed by atoms with Crippen LogP contribution in [0.5, 0.6) is 0 Å². The molecule has 3 nitrogen and oxygen atoms in total. The van der Waals surface area contributed by atoms with Gasteiger partial charge in [-0.05, 0) is 16.6 Å². The van der Waals surface area contributed by atoms with Crippen molar-refractivity contribution in [1.82, 2.24) is 0 Å². The fourth-order valence-electron chi connectivity index (χ4n) is 2.59. The lowest BCUT2D eigenvalue weighted by Crippen LogP contribution is -2.51. The summed E-state index contributed by atoms with van der Waals surface area (Å²) in [4.78, 5) is 0. The third-order valence-corrected chi connectivity index (χ3v) is 9.05. The van der Waals surface area contributed by atoms with E-state index in [4.69, 9.17) is 14.4 Å². The molecular formula is C9H23BO3Si. The third kappa shape index (κ3) is 2.82. The van der Waals surface area contributed by atoms with Gasteiger partial charge in [-0.1, -0.05) is 41.5 Å². The summed E-state index contributed by atoms with van der Waals surface area (Å²) in [6.45, 7) is 12.6. The van der Waals surface area contributed by atoms with Crippen LogP contribution in [0.2, 0.25) is 16.6 Å². The first-order valence-corrected chi connectivity index (χ1v) is 7.43. The molecule has 0 saturated heterocycles. The molecule has 14 heavy (non-hydrogen) atoms. The van der Waals surface area contributed by atoms with Crippen LogP contribution in [0.25, 0.3) is 0 Å². The van der Waals surface area contributed by atoms with E-state index in [1.807, 2.05) is 0 Å². The van der Waals surface area contributed by atoms with Gasteiger partial charge < -0.3 is 14.4 Å². The molecule has 0 spiro atoms. The van der Waals surface area contributed by atoms with E-state index in [2.05, 4.69) is 41.5 Å². The third-order valence-electron chi connectivity index (χ3n) is 3.02. The van der Waals surface area contributed by atoms with Crippen LogP contribution in [0.1, 0.15) is 41.5 Å². The number of rotatable bonds is 5. The van der Waals surface area contributed by atoms with Crippen LogP contribution in [0, 0.1) is 0 Å². The molecule has 0 radical (unpaired) electrons. The zero-order valence-electron chi connectivity index (χ0n) is 10.1. The lowest BCUT2D eigenvalue weighted by atomic mass is 10.3. The molecule has 0 bridgehead atoms. The molecule has 0 amide bonds. The average Bonchev–Trinajstić information content (AvgIpc) is 1.97. The monoisotopic (exact) mass is 218 g/mol. The Kier molecular flexibility index (Phi) is 5.36. The first-order valence-electron chi connectivity index (χ1n) is 5.29. The van der Waals surface area contributed by atoms with E-state index in [-0.39, 0.29) is 0 Å². The molecule has 0 fully saturated rings. The molecule has 0 aliphatic rings. The van der Waals surface area contributed by atoms with Crippen molar-refractivity contribution in [2.75, 3.05) is 0 Å². The van der Waals surface area contributed by atoms with Crippen LogP contribution in [-0.2, 0) is 4.34 Å². The van der Waals surface area contributed by atoms with Gasteiger partial charge in [0.2, 0.25) is 0 Å². The molecular weight excluding hydrogens is 195 g/mol. The standard InChI is InChI=1S/C9H23BO3Si/c1-7(2)14(8(3)4,9(5)6)13-10(11)12/h7-9,11-12H,1-6H3. The van der Waals surface area contributed by atoms with E-state index >= 15 is 0 Å². The Morgan fingerprint density at radius 3 is 1.21 bits per heavy atom. The Morgan fingerprint density at radius 1 is 0.857 bits per heavy atom. The minimum atomic E-state index is -2.09. The highest BCUT2D eigenvalue weighted by atomic mass is 28.4. The Bertz CT molecular complexity index is 150. The van der Waals surface area contributed by atoms with E-state index in [9.17, 15) is 0 Å². The Labute approximate surface area is 88.8 Å². The highest BCUT2D eigenvalue weighted by molar-refractivity contribution is 6.81. The molecule has 0 rings (SSSR count). The maximum atomic E-state index is 9.00. The summed E-state index contributed by atoms with van der Waals surface area (Å²) in [6, 6.07) is 0. The fraction of sp³-hybridized carbons (Fsp3) is 1.00. The predicted molar refractivity (Wildman–Crippen MR) is 62.3 cm³/mol. The molecule has 0 saturated carbocycles. The lowest BCUT2D eigenvalue weighted by molar-refractivity contribution is 0.271. The summed E-state index contributed by atoms with van der Waals surface area (Å²) in [5, 5.41) is 18.0. The average molecular weight is 218 g/mol. The second-order valence-corrected chi connectivity index (χ2v) is 10.2. The molecule has 0 aromatic carbocycles. The van der Waals surface area contributed by atoms with Crippen molar-refractivity contribution in [3.05, 3.63) is 0 Å². The first-order chi connectivity index (χ1) is 6.25. The molecule has 5 heteroatoms. The van der Waals surface area contributed by atoms with Gasteiger partial charge in [0.25, 0.3) is 0 Å². The number of hydrogen-bond donors (Lipinski definition) is 2. The normalized spacial score (nSPS) is 13.1. The molecule has 0 atom stereocenters. The van der Waals surface area contributed by atoms with Gasteiger partial charge in [0.05, 0.1) is 0 Å². The molecule has 0 unspecified atom stereocenters. The molecule has 0 aromatic heterocycles. The maximum Gasteiger partial charge on any atom is 0.623 e. The van der Waals surface area contributed by atoms with E-state index in [1.54, 1.807) is 0 Å². The molecule has 2 N–H and O–H groups in total. The second kappa shape index (κ2) is 5.30. The van der Waals surface area contributed by atoms with Crippen LogP contribution in [0.15, 0.2) is 0 Å². The lowest BCUT2D eigenvalue weighted by Gasteiger charge is -2.42. The van der Waals surface area contributed by atoms with Gasteiger partial charge in [-0.3, -0.25) is 0 Å². The highest BCUT2D eigenvalue weighted by Crippen LogP contribution is 2.42. The van der Waals surface area contributed by atoms with Crippen molar-refractivity contribution < 1.29 is 14.4 Å². The fourth-order valence-corrected chi connectivity index (χ4v) is 7.77. The van der Waals surface area contributed by atoms with Crippen LogP contribution < -0.4 is 0 Å². The zero-order valence-corrected chi connectivity index (χ0v) is 11.1. The quantitative estimate of drug-likeness (QED) is 0.695. The molecule has 0 aromatic rings. The Morgan fingerprint density at radius 2 is 1.14 bits per heavy atom. The largest absolute Gasteiger partial charge is 0.623 e. The van der Waals surface area contributed by atoms with E-state index in [1.165, 1.54) is 0 Å². The molecule has 0 heterocycles. The van der Waals surface area contributed by atoms with E-state index in [0.29, 0.717) is 16.6 Å². The molecule has 0 aliphatic heterocycles. The predicted octanol–water partition coefficient (Wildman–Crippen LogP) is 2.15. The first kappa shape index (κ1) is 14.2. The Hall–Kier alpha value is 0.162. The van der Waals surface area contributed by atoms with Crippen molar-refractivity contribution in [3.8, 4) is 0 Å². The maximum absolute atomic E-state index is 9.00. The molecule has 84 valence electrons. The van der Waals surface area contributed by atoms with Gasteiger partial charge in [-0.15, -0.1) is 0 Å². The summed E-state index contributed by atoms with van der Waals surface area (Å²) in [5.41, 5.74) is 1.14. The highest BCUT2D eigenvalue weighted by Gasteiger charge is 2.46. The van der Waals surface area contributed by atoms with E-state index < -0.39 is 15.6 Å². The van der Waals surface area contributed by atoms with Crippen molar-refractivity contribution in [2.45, 2.75) is 58.2 Å². The van der Waals surface area contributed by atoms with E-state index in [0.717, 1.165) is 0 Å². The zero-order chi connectivity index (χ0) is 11.5. The summed E-state index contributed by atoms with van der Waals surface area (Å²) >= 11 is 0. The van der Waals surface area contributed by atoms with Crippen molar-refractivity contribution in [1.29, 1.82) is 0 Å². The van der Waals surface area contributed by atoms with Crippen molar-refractivity contribution in [2.24, 2.45) is 0 Å². The van der Waals surface area contributed by atoms with Crippen molar-refractivity contribution in [3.63, 3.8) is 0 Å². The summed E-state index contributed by atoms with van der Waals surface area (Å²) in [5.74, 6) is 0. The minimum absolute atomic E-state index is 0.379. The smallest absolute Gasteiger partial charge is 0.427 e. The topological polar surface area (TPSA) is 49.7 Å². The van der Waals surface area contributed by atoms with Crippen LogP contribution >= 0.6 is 0 Å². The van der Waals surface area contributed by atoms with Gasteiger partial charge in [0.1, 0.15) is 0 Å². The molecule has 0 aliphatic carbocycles. The Balaban J connectivity index is 4.95. The van der Waals surface area contributed by atoms with Gasteiger partial charge >= 0.3 is 7.32 Å². The summed E-state index contributed by atoms with van der Waals surface area (Å²) in [6.07, 6.45) is 0. The minimum Gasteiger partial charge on any atom is -0.427 e. The SMILES string of the molecule is CC(C)[Si](OB(O)O)(C(C)C)C(C)C. The summed E-state index contributed by atoms with van der Waals surface area (Å²) in [7, 11) is -3.72. The van der Waals surface area contributed by atoms with Gasteiger partial charge in [-0.25, -0.2) is 0 Å². The number of hydrogen-bond acceptors (Lipinski definition) is 3.